The molecule has 2 aromatic rings. The van der Waals surface area contributed by atoms with Gasteiger partial charge in [-0.25, -0.2) is 9.18 Å². The van der Waals surface area contributed by atoms with Crippen LogP contribution in [0.5, 0.6) is 0 Å². The molecule has 0 aliphatic carbocycles. The summed E-state index contributed by atoms with van der Waals surface area (Å²) >= 11 is 0. The van der Waals surface area contributed by atoms with Crippen LogP contribution in [-0.2, 0) is 0 Å². The highest BCUT2D eigenvalue weighted by atomic mass is 19.1. The molecule has 0 amide bonds. The molecule has 3 heteroatoms. The molecule has 0 unspecified atom stereocenters. The van der Waals surface area contributed by atoms with Gasteiger partial charge < -0.3 is 5.11 Å². The number of benzene rings is 2. The summed E-state index contributed by atoms with van der Waals surface area (Å²) in [5.41, 5.74) is 3.15. The van der Waals surface area contributed by atoms with Gasteiger partial charge >= 0.3 is 5.97 Å². The van der Waals surface area contributed by atoms with Gasteiger partial charge in [0.05, 0.1) is 5.56 Å². The largest absolute Gasteiger partial charge is 0.478 e. The van der Waals surface area contributed by atoms with Gasteiger partial charge in [0.25, 0.3) is 0 Å². The maximum Gasteiger partial charge on any atom is 0.338 e. The lowest BCUT2D eigenvalue weighted by Crippen LogP contribution is -2.02. The standard InChI is InChI=1S/C15H13FO2/c1-9-4-3-5-11(6-9)12-8-13(15(17)18)14(16)7-10(12)2/h3-8H,1-2H3,(H,17,18). The summed E-state index contributed by atoms with van der Waals surface area (Å²) < 4.78 is 13.5. The van der Waals surface area contributed by atoms with Crippen molar-refractivity contribution >= 4 is 5.97 Å². The highest BCUT2D eigenvalue weighted by Gasteiger charge is 2.14. The maximum atomic E-state index is 13.5. The van der Waals surface area contributed by atoms with Crippen molar-refractivity contribution in [1.82, 2.24) is 0 Å². The molecule has 0 fully saturated rings. The minimum absolute atomic E-state index is 0.294. The smallest absolute Gasteiger partial charge is 0.338 e. The third kappa shape index (κ3) is 2.25. The van der Waals surface area contributed by atoms with Gasteiger partial charge in [-0.1, -0.05) is 29.8 Å². The highest BCUT2D eigenvalue weighted by molar-refractivity contribution is 5.90. The number of carboxylic acid groups (broad SMARTS) is 1. The van der Waals surface area contributed by atoms with Crippen LogP contribution in [0.4, 0.5) is 4.39 Å². The van der Waals surface area contributed by atoms with Crippen LogP contribution in [0.2, 0.25) is 0 Å². The van der Waals surface area contributed by atoms with Gasteiger partial charge in [-0.15, -0.1) is 0 Å². The summed E-state index contributed by atoms with van der Waals surface area (Å²) in [5.74, 6) is -1.95. The van der Waals surface area contributed by atoms with Crippen molar-refractivity contribution in [1.29, 1.82) is 0 Å². The summed E-state index contributed by atoms with van der Waals surface area (Å²) in [6, 6.07) is 10.3. The number of rotatable bonds is 2. The van der Waals surface area contributed by atoms with Crippen molar-refractivity contribution < 1.29 is 14.3 Å². The van der Waals surface area contributed by atoms with E-state index in [2.05, 4.69) is 0 Å². The Morgan fingerprint density at radius 1 is 1.17 bits per heavy atom. The Bertz CT molecular complexity index is 618. The zero-order valence-electron chi connectivity index (χ0n) is 10.2. The SMILES string of the molecule is Cc1cccc(-c2cc(C(=O)O)c(F)cc2C)c1. The zero-order chi connectivity index (χ0) is 13.3. The van der Waals surface area contributed by atoms with Crippen molar-refractivity contribution in [3.8, 4) is 11.1 Å². The first kappa shape index (κ1) is 12.3. The summed E-state index contributed by atoms with van der Waals surface area (Å²) in [4.78, 5) is 10.9. The first-order valence-electron chi connectivity index (χ1n) is 5.59. The van der Waals surface area contributed by atoms with E-state index in [9.17, 15) is 9.18 Å². The minimum atomic E-state index is -1.25. The summed E-state index contributed by atoms with van der Waals surface area (Å²) in [6.45, 7) is 3.73. The second-order valence-electron chi connectivity index (χ2n) is 4.32. The van der Waals surface area contributed by atoms with E-state index in [4.69, 9.17) is 5.11 Å². The molecule has 2 rings (SSSR count). The van der Waals surface area contributed by atoms with Crippen molar-refractivity contribution in [3.05, 3.63) is 58.9 Å². The average molecular weight is 244 g/mol. The number of hydrogen-bond acceptors (Lipinski definition) is 1. The average Bonchev–Trinajstić information content (AvgIpc) is 2.28. The number of carboxylic acids is 1. The molecule has 1 N–H and O–H groups in total. The van der Waals surface area contributed by atoms with Gasteiger partial charge in [-0.3, -0.25) is 0 Å². The van der Waals surface area contributed by atoms with Crippen molar-refractivity contribution in [2.45, 2.75) is 13.8 Å². The first-order valence-corrected chi connectivity index (χ1v) is 5.59. The third-order valence-electron chi connectivity index (χ3n) is 2.87. The van der Waals surface area contributed by atoms with E-state index < -0.39 is 11.8 Å². The molecule has 0 bridgehead atoms. The van der Waals surface area contributed by atoms with Crippen LogP contribution in [0.25, 0.3) is 11.1 Å². The topological polar surface area (TPSA) is 37.3 Å². The van der Waals surface area contributed by atoms with Crippen LogP contribution in [0.3, 0.4) is 0 Å². The van der Waals surface area contributed by atoms with E-state index in [1.807, 2.05) is 31.2 Å². The molecule has 0 aromatic heterocycles. The number of hydrogen-bond donors (Lipinski definition) is 1. The molecule has 0 saturated heterocycles. The Morgan fingerprint density at radius 3 is 2.50 bits per heavy atom. The van der Waals surface area contributed by atoms with E-state index in [1.54, 1.807) is 6.92 Å². The van der Waals surface area contributed by atoms with Gasteiger partial charge in [0, 0.05) is 0 Å². The van der Waals surface area contributed by atoms with E-state index in [1.165, 1.54) is 12.1 Å². The first-order chi connectivity index (χ1) is 8.49. The van der Waals surface area contributed by atoms with Gasteiger partial charge in [0.1, 0.15) is 5.82 Å². The molecule has 92 valence electrons. The normalized spacial score (nSPS) is 10.4. The van der Waals surface area contributed by atoms with Gasteiger partial charge in [-0.05, 0) is 42.7 Å². The predicted molar refractivity (Wildman–Crippen MR) is 68.3 cm³/mol. The van der Waals surface area contributed by atoms with E-state index in [0.717, 1.165) is 22.3 Å². The second kappa shape index (κ2) is 4.61. The van der Waals surface area contributed by atoms with Crippen LogP contribution in [-0.4, -0.2) is 11.1 Å². The monoisotopic (exact) mass is 244 g/mol. The van der Waals surface area contributed by atoms with Crippen LogP contribution in [0.15, 0.2) is 36.4 Å². The Hall–Kier alpha value is -2.16. The van der Waals surface area contributed by atoms with Crippen LogP contribution >= 0.6 is 0 Å². The van der Waals surface area contributed by atoms with Gasteiger partial charge in [0.15, 0.2) is 0 Å². The van der Waals surface area contributed by atoms with E-state index >= 15 is 0 Å². The fourth-order valence-electron chi connectivity index (χ4n) is 1.96. The Morgan fingerprint density at radius 2 is 1.89 bits per heavy atom. The third-order valence-corrected chi connectivity index (χ3v) is 2.87. The van der Waals surface area contributed by atoms with E-state index in [-0.39, 0.29) is 5.56 Å². The molecule has 18 heavy (non-hydrogen) atoms. The van der Waals surface area contributed by atoms with Crippen LogP contribution in [0.1, 0.15) is 21.5 Å². The lowest BCUT2D eigenvalue weighted by atomic mass is 9.96. The molecule has 0 aliphatic rings. The maximum absolute atomic E-state index is 13.5. The molecular weight excluding hydrogens is 231 g/mol. The molecule has 2 aromatic carbocycles. The van der Waals surface area contributed by atoms with Crippen molar-refractivity contribution in [2.75, 3.05) is 0 Å². The van der Waals surface area contributed by atoms with Crippen LogP contribution < -0.4 is 0 Å². The summed E-state index contributed by atoms with van der Waals surface area (Å²) in [7, 11) is 0. The minimum Gasteiger partial charge on any atom is -0.478 e. The van der Waals surface area contributed by atoms with Crippen LogP contribution in [0, 0.1) is 19.7 Å². The molecular formula is C15H13FO2. The number of aromatic carboxylic acids is 1. The fourth-order valence-corrected chi connectivity index (χ4v) is 1.96. The molecule has 0 heterocycles. The molecule has 0 radical (unpaired) electrons. The predicted octanol–water partition coefficient (Wildman–Crippen LogP) is 3.81. The molecule has 0 atom stereocenters. The zero-order valence-corrected chi connectivity index (χ0v) is 10.2. The number of aryl methyl sites for hydroxylation is 2. The van der Waals surface area contributed by atoms with Gasteiger partial charge in [-0.2, -0.15) is 0 Å². The Labute approximate surface area is 105 Å². The summed E-state index contributed by atoms with van der Waals surface area (Å²) in [6.07, 6.45) is 0. The lowest BCUT2D eigenvalue weighted by molar-refractivity contribution is 0.0692. The summed E-state index contributed by atoms with van der Waals surface area (Å²) in [5, 5.41) is 8.94. The number of halogens is 1. The quantitative estimate of drug-likeness (QED) is 0.872. The highest BCUT2D eigenvalue weighted by Crippen LogP contribution is 2.27. The Kier molecular flexibility index (Phi) is 3.15. The molecule has 2 nitrogen and oxygen atoms in total. The fraction of sp³-hybridized carbons (Fsp3) is 0.133. The molecule has 0 aliphatic heterocycles. The van der Waals surface area contributed by atoms with Crippen molar-refractivity contribution in [2.24, 2.45) is 0 Å². The van der Waals surface area contributed by atoms with Crippen molar-refractivity contribution in [3.63, 3.8) is 0 Å². The lowest BCUT2D eigenvalue weighted by Gasteiger charge is -2.09. The second-order valence-corrected chi connectivity index (χ2v) is 4.32. The van der Waals surface area contributed by atoms with E-state index in [0.29, 0.717) is 0 Å². The molecule has 0 spiro atoms. The van der Waals surface area contributed by atoms with Gasteiger partial charge in [0.2, 0.25) is 0 Å². The number of carbonyl (C=O) groups is 1. The Balaban J connectivity index is 2.64. The molecule has 0 saturated carbocycles.